The van der Waals surface area contributed by atoms with Crippen LogP contribution in [0.15, 0.2) is 70.9 Å². The number of nitrogens with zero attached hydrogens (tertiary/aromatic N) is 2. The summed E-state index contributed by atoms with van der Waals surface area (Å²) in [7, 11) is 0. The number of esters is 1. The van der Waals surface area contributed by atoms with Crippen molar-refractivity contribution < 1.29 is 19.7 Å². The molecule has 1 fully saturated rings. The summed E-state index contributed by atoms with van der Waals surface area (Å²) < 4.78 is 5.13. The molecule has 0 radical (unpaired) electrons. The molecule has 2 aromatic rings. The van der Waals surface area contributed by atoms with Gasteiger partial charge in [-0.25, -0.2) is 4.79 Å². The fraction of sp³-hybridized carbons (Fsp3) is 0.167. The van der Waals surface area contributed by atoms with Crippen LogP contribution in [0.5, 0.6) is 0 Å². The van der Waals surface area contributed by atoms with E-state index in [4.69, 9.17) is 4.74 Å². The molecule has 3 rings (SSSR count). The topological polar surface area (TPSA) is 116 Å². The second-order valence-electron chi connectivity index (χ2n) is 5.49. The van der Waals surface area contributed by atoms with Gasteiger partial charge in [-0.1, -0.05) is 36.4 Å². The molecule has 1 aliphatic rings. The van der Waals surface area contributed by atoms with Crippen LogP contribution in [0.2, 0.25) is 0 Å². The number of cyclic esters (lactones) is 1. The highest BCUT2D eigenvalue weighted by Crippen LogP contribution is 2.16. The molecule has 0 spiro atoms. The van der Waals surface area contributed by atoms with Gasteiger partial charge in [0.1, 0.15) is 11.8 Å². The number of hydrogen-bond acceptors (Lipinski definition) is 8. The molecule has 2 aromatic carbocycles. The Morgan fingerprint density at radius 2 is 1.50 bits per heavy atom. The molecule has 1 aliphatic heterocycles. The van der Waals surface area contributed by atoms with Crippen molar-refractivity contribution in [3.8, 4) is 0 Å². The zero-order valence-corrected chi connectivity index (χ0v) is 13.7. The average molecular weight is 354 g/mol. The Morgan fingerprint density at radius 3 is 2.04 bits per heavy atom. The number of anilines is 2. The minimum atomic E-state index is -1.31. The molecular formula is C18H18N4O4. The van der Waals surface area contributed by atoms with E-state index < -0.39 is 24.8 Å². The second-order valence-corrected chi connectivity index (χ2v) is 5.49. The first kappa shape index (κ1) is 17.6. The van der Waals surface area contributed by atoms with Gasteiger partial charge in [-0.15, -0.1) is 0 Å². The first-order chi connectivity index (χ1) is 12.7. The number of hydrazone groups is 2. The van der Waals surface area contributed by atoms with E-state index in [0.29, 0.717) is 11.4 Å². The average Bonchev–Trinajstić information content (AvgIpc) is 3.01. The van der Waals surface area contributed by atoms with E-state index in [-0.39, 0.29) is 11.4 Å². The van der Waals surface area contributed by atoms with Gasteiger partial charge in [-0.05, 0) is 24.3 Å². The Hall–Kier alpha value is -3.23. The minimum Gasteiger partial charge on any atom is -0.448 e. The minimum absolute atomic E-state index is 0.0743. The van der Waals surface area contributed by atoms with Gasteiger partial charge in [-0.3, -0.25) is 10.9 Å². The van der Waals surface area contributed by atoms with E-state index in [9.17, 15) is 15.0 Å². The first-order valence-electron chi connectivity index (χ1n) is 7.96. The van der Waals surface area contributed by atoms with E-state index in [0.717, 1.165) is 0 Å². The Labute approximate surface area is 149 Å². The summed E-state index contributed by atoms with van der Waals surface area (Å²) >= 11 is 0. The molecule has 1 heterocycles. The van der Waals surface area contributed by atoms with Gasteiger partial charge >= 0.3 is 5.97 Å². The van der Waals surface area contributed by atoms with E-state index in [2.05, 4.69) is 21.1 Å². The Balaban J connectivity index is 1.88. The first-order valence-corrected chi connectivity index (χ1v) is 7.96. The van der Waals surface area contributed by atoms with Crippen molar-refractivity contribution in [2.45, 2.75) is 12.2 Å². The van der Waals surface area contributed by atoms with Crippen molar-refractivity contribution >= 4 is 28.8 Å². The molecule has 2 atom stereocenters. The summed E-state index contributed by atoms with van der Waals surface area (Å²) in [6.45, 7) is -0.582. The number of para-hydroxylation sites is 2. The molecule has 4 N–H and O–H groups in total. The fourth-order valence-electron chi connectivity index (χ4n) is 2.31. The van der Waals surface area contributed by atoms with Crippen molar-refractivity contribution in [2.24, 2.45) is 10.2 Å². The fourth-order valence-corrected chi connectivity index (χ4v) is 2.31. The zero-order chi connectivity index (χ0) is 18.4. The molecule has 0 aliphatic carbocycles. The Morgan fingerprint density at radius 1 is 0.962 bits per heavy atom. The van der Waals surface area contributed by atoms with Gasteiger partial charge in [0.2, 0.25) is 0 Å². The van der Waals surface area contributed by atoms with Crippen LogP contribution < -0.4 is 10.9 Å². The molecule has 26 heavy (non-hydrogen) atoms. The standard InChI is InChI=1S/C18H18N4O4/c23-11-14(24)17-15(21-19-12-7-3-1-4-8-12)16(18(25)26-17)22-20-13-9-5-2-6-10-13/h1-10,14,17,19-20,23-24H,11H2/b21-15+,22-16+/t14-,17+/m0/s1. The Bertz CT molecular complexity index is 808. The van der Waals surface area contributed by atoms with Crippen LogP contribution in [0.1, 0.15) is 0 Å². The molecule has 8 heteroatoms. The number of aliphatic hydroxyl groups is 2. The molecule has 0 unspecified atom stereocenters. The normalized spacial score (nSPS) is 20.8. The van der Waals surface area contributed by atoms with E-state index in [1.165, 1.54) is 0 Å². The largest absolute Gasteiger partial charge is 0.448 e. The van der Waals surface area contributed by atoms with E-state index in [1.54, 1.807) is 24.3 Å². The number of rotatable bonds is 6. The van der Waals surface area contributed by atoms with Gasteiger partial charge in [0, 0.05) is 0 Å². The highest BCUT2D eigenvalue weighted by Gasteiger charge is 2.42. The van der Waals surface area contributed by atoms with Crippen LogP contribution in [0.4, 0.5) is 11.4 Å². The van der Waals surface area contributed by atoms with Crippen LogP contribution in [0.25, 0.3) is 0 Å². The lowest BCUT2D eigenvalue weighted by Gasteiger charge is -2.14. The number of carbonyl (C=O) groups is 1. The lowest BCUT2D eigenvalue weighted by molar-refractivity contribution is -0.140. The predicted octanol–water partition coefficient (Wildman–Crippen LogP) is 1.20. The molecule has 8 nitrogen and oxygen atoms in total. The van der Waals surface area contributed by atoms with Crippen LogP contribution >= 0.6 is 0 Å². The van der Waals surface area contributed by atoms with Crippen molar-refractivity contribution in [1.82, 2.24) is 0 Å². The van der Waals surface area contributed by atoms with Gasteiger partial charge in [0.25, 0.3) is 0 Å². The number of aliphatic hydroxyl groups excluding tert-OH is 2. The van der Waals surface area contributed by atoms with Crippen LogP contribution in [0, 0.1) is 0 Å². The van der Waals surface area contributed by atoms with Crippen LogP contribution in [-0.4, -0.2) is 46.4 Å². The maximum absolute atomic E-state index is 12.2. The SMILES string of the molecule is O=C1O[C@H]([C@@H](O)CO)C(=N/Nc2ccccc2)/C1=N\Nc1ccccc1. The number of benzene rings is 2. The third kappa shape index (κ3) is 4.05. The molecule has 0 aromatic heterocycles. The molecule has 134 valence electrons. The summed E-state index contributed by atoms with van der Waals surface area (Å²) in [6.07, 6.45) is -2.42. The second kappa shape index (κ2) is 8.24. The highest BCUT2D eigenvalue weighted by molar-refractivity contribution is 6.69. The molecule has 1 saturated heterocycles. The molecule has 0 bridgehead atoms. The summed E-state index contributed by atoms with van der Waals surface area (Å²) in [4.78, 5) is 12.2. The molecular weight excluding hydrogens is 336 g/mol. The van der Waals surface area contributed by atoms with Crippen molar-refractivity contribution in [1.29, 1.82) is 0 Å². The van der Waals surface area contributed by atoms with Gasteiger partial charge in [0.15, 0.2) is 11.8 Å². The lowest BCUT2D eigenvalue weighted by Crippen LogP contribution is -2.36. The summed E-state index contributed by atoms with van der Waals surface area (Å²) in [5, 5.41) is 27.4. The van der Waals surface area contributed by atoms with Gasteiger partial charge in [0.05, 0.1) is 18.0 Å². The highest BCUT2D eigenvalue weighted by atomic mass is 16.6. The smallest absolute Gasteiger partial charge is 0.361 e. The predicted molar refractivity (Wildman–Crippen MR) is 98.0 cm³/mol. The zero-order valence-electron chi connectivity index (χ0n) is 13.7. The third-order valence-electron chi connectivity index (χ3n) is 3.63. The molecule has 0 saturated carbocycles. The maximum atomic E-state index is 12.2. The number of ether oxygens (including phenoxy) is 1. The lowest BCUT2D eigenvalue weighted by atomic mass is 10.1. The quantitative estimate of drug-likeness (QED) is 0.458. The monoisotopic (exact) mass is 354 g/mol. The summed E-state index contributed by atoms with van der Waals surface area (Å²) in [5.41, 5.74) is 6.94. The van der Waals surface area contributed by atoms with Crippen LogP contribution in [-0.2, 0) is 9.53 Å². The van der Waals surface area contributed by atoms with Gasteiger partial charge in [-0.2, -0.15) is 10.2 Å². The van der Waals surface area contributed by atoms with E-state index in [1.807, 2.05) is 36.4 Å². The van der Waals surface area contributed by atoms with Crippen molar-refractivity contribution in [3.63, 3.8) is 0 Å². The van der Waals surface area contributed by atoms with E-state index >= 15 is 0 Å². The summed E-state index contributed by atoms with van der Waals surface area (Å²) in [5.74, 6) is -0.737. The summed E-state index contributed by atoms with van der Waals surface area (Å²) in [6, 6.07) is 18.1. The molecule has 0 amide bonds. The van der Waals surface area contributed by atoms with Crippen molar-refractivity contribution in [3.05, 3.63) is 60.7 Å². The van der Waals surface area contributed by atoms with Gasteiger partial charge < -0.3 is 14.9 Å². The number of hydrogen-bond donors (Lipinski definition) is 4. The van der Waals surface area contributed by atoms with Crippen LogP contribution in [0.3, 0.4) is 0 Å². The number of carbonyl (C=O) groups excluding carboxylic acids is 1. The third-order valence-corrected chi connectivity index (χ3v) is 3.63. The maximum Gasteiger partial charge on any atom is 0.361 e. The number of nitrogens with one attached hydrogen (secondary N) is 2. The van der Waals surface area contributed by atoms with Crippen molar-refractivity contribution in [2.75, 3.05) is 17.5 Å². The Kier molecular flexibility index (Phi) is 5.57.